The van der Waals surface area contributed by atoms with Gasteiger partial charge in [-0.05, 0) is 58.9 Å². The summed E-state index contributed by atoms with van der Waals surface area (Å²) in [5.74, 6) is 1.06. The summed E-state index contributed by atoms with van der Waals surface area (Å²) in [7, 11) is 0. The molecule has 6 aromatic rings. The molecule has 0 fully saturated rings. The van der Waals surface area contributed by atoms with Gasteiger partial charge in [-0.3, -0.25) is 4.98 Å². The number of anilines is 3. The van der Waals surface area contributed by atoms with E-state index in [0.717, 1.165) is 40.4 Å². The van der Waals surface area contributed by atoms with Crippen LogP contribution in [0.25, 0.3) is 22.5 Å². The van der Waals surface area contributed by atoms with Gasteiger partial charge in [0.25, 0.3) is 0 Å². The molecule has 4 aromatic carbocycles. The number of aromatic hydroxyl groups is 1. The fourth-order valence-electron chi connectivity index (χ4n) is 4.70. The van der Waals surface area contributed by atoms with Crippen molar-refractivity contribution in [2.75, 3.05) is 4.90 Å². The summed E-state index contributed by atoms with van der Waals surface area (Å²) in [4.78, 5) is 11.9. The zero-order valence-electron chi connectivity index (χ0n) is 21.6. The van der Waals surface area contributed by atoms with Gasteiger partial charge in [0.05, 0.1) is 5.69 Å². The second-order valence-electron chi connectivity index (χ2n) is 9.19. The number of aromatic nitrogens is 2. The summed E-state index contributed by atoms with van der Waals surface area (Å²) in [6, 6.07) is 47.5. The van der Waals surface area contributed by atoms with Crippen LogP contribution in [-0.2, 0) is 27.5 Å². The number of pyridine rings is 2. The van der Waals surface area contributed by atoms with E-state index in [1.165, 1.54) is 5.56 Å². The van der Waals surface area contributed by atoms with Crippen LogP contribution in [-0.4, -0.2) is 15.1 Å². The van der Waals surface area contributed by atoms with E-state index in [2.05, 4.69) is 53.4 Å². The molecule has 0 unspecified atom stereocenters. The second-order valence-corrected chi connectivity index (χ2v) is 9.19. The average molecular weight is 700 g/mol. The number of phenols is 1. The Morgan fingerprint density at radius 2 is 1.35 bits per heavy atom. The second kappa shape index (κ2) is 12.5. The smallest absolute Gasteiger partial charge is 0.139 e. The van der Waals surface area contributed by atoms with E-state index in [9.17, 15) is 5.11 Å². The first kappa shape index (κ1) is 27.1. The summed E-state index contributed by atoms with van der Waals surface area (Å²) in [6.07, 6.45) is 2.60. The number of hydrogen-bond donors (Lipinski definition) is 1. The van der Waals surface area contributed by atoms with Crippen LogP contribution in [0, 0.1) is 6.07 Å². The third kappa shape index (κ3) is 5.88. The number of benzene rings is 4. The Morgan fingerprint density at radius 3 is 2.15 bits per heavy atom. The largest absolute Gasteiger partial charge is 0.507 e. The van der Waals surface area contributed by atoms with Crippen LogP contribution in [0.3, 0.4) is 0 Å². The van der Waals surface area contributed by atoms with Crippen LogP contribution >= 0.6 is 0 Å². The first-order valence-electron chi connectivity index (χ1n) is 12.9. The molecule has 198 valence electrons. The third-order valence-electron chi connectivity index (χ3n) is 6.56. The van der Waals surface area contributed by atoms with Gasteiger partial charge in [0.1, 0.15) is 11.6 Å². The maximum Gasteiger partial charge on any atom is 0.139 e. The molecule has 2 aromatic heterocycles. The molecule has 0 radical (unpaired) electrons. The Bertz CT molecular complexity index is 1710. The standard InChI is InChI=1S/C35H26N3O.Pt/c39-34-22-8-7-19-31(34)33-21-10-20-32(37-33)27-14-9-18-30(25-27)38(29-16-5-2-6-17-29)35-28(15-11-23-36-35)24-26-12-3-1-4-13-26;/h1-23,39H,24H2;/q-1;. The first-order valence-corrected chi connectivity index (χ1v) is 12.9. The molecule has 40 heavy (non-hydrogen) atoms. The van der Waals surface area contributed by atoms with Crippen LogP contribution in [0.15, 0.2) is 140 Å². The van der Waals surface area contributed by atoms with E-state index >= 15 is 0 Å². The predicted molar refractivity (Wildman–Crippen MR) is 157 cm³/mol. The number of hydrogen-bond acceptors (Lipinski definition) is 4. The molecule has 0 aliphatic carbocycles. The molecule has 0 bridgehead atoms. The molecular formula is C35H26N3OPt-. The minimum absolute atomic E-state index is 0. The summed E-state index contributed by atoms with van der Waals surface area (Å²) in [5, 5.41) is 10.4. The Labute approximate surface area is 248 Å². The van der Waals surface area contributed by atoms with Gasteiger partial charge >= 0.3 is 0 Å². The van der Waals surface area contributed by atoms with Crippen molar-refractivity contribution in [3.05, 3.63) is 157 Å². The molecule has 0 aliphatic rings. The van der Waals surface area contributed by atoms with Crippen LogP contribution in [0.4, 0.5) is 17.2 Å². The molecule has 5 heteroatoms. The average Bonchev–Trinajstić information content (AvgIpc) is 3.00. The molecule has 0 aliphatic heterocycles. The molecule has 0 spiro atoms. The van der Waals surface area contributed by atoms with E-state index in [4.69, 9.17) is 9.97 Å². The number of nitrogens with zero attached hydrogens (tertiary/aromatic N) is 3. The monoisotopic (exact) mass is 699 g/mol. The quantitative estimate of drug-likeness (QED) is 0.170. The molecule has 0 saturated carbocycles. The van der Waals surface area contributed by atoms with Crippen molar-refractivity contribution in [2.45, 2.75) is 6.42 Å². The van der Waals surface area contributed by atoms with Gasteiger partial charge in [-0.2, -0.15) is 0 Å². The molecule has 0 saturated heterocycles. The fraction of sp³-hybridized carbons (Fsp3) is 0.0286. The zero-order chi connectivity index (χ0) is 26.4. The Kier molecular flexibility index (Phi) is 8.49. The predicted octanol–water partition coefficient (Wildman–Crippen LogP) is 8.37. The number of rotatable bonds is 7. The number of para-hydroxylation sites is 2. The zero-order valence-corrected chi connectivity index (χ0v) is 23.9. The van der Waals surface area contributed by atoms with Crippen molar-refractivity contribution in [2.24, 2.45) is 0 Å². The minimum Gasteiger partial charge on any atom is -0.507 e. The van der Waals surface area contributed by atoms with Gasteiger partial charge in [-0.1, -0.05) is 78.9 Å². The molecule has 0 atom stereocenters. The number of phenolic OH excluding ortho intramolecular Hbond substituents is 1. The van der Waals surface area contributed by atoms with E-state index < -0.39 is 0 Å². The van der Waals surface area contributed by atoms with Crippen molar-refractivity contribution in [1.29, 1.82) is 0 Å². The van der Waals surface area contributed by atoms with Crippen molar-refractivity contribution in [1.82, 2.24) is 9.97 Å². The Morgan fingerprint density at radius 1 is 0.650 bits per heavy atom. The van der Waals surface area contributed by atoms with E-state index in [-0.39, 0.29) is 26.8 Å². The van der Waals surface area contributed by atoms with Crippen molar-refractivity contribution in [3.63, 3.8) is 0 Å². The van der Waals surface area contributed by atoms with E-state index in [0.29, 0.717) is 11.3 Å². The van der Waals surface area contributed by atoms with Crippen molar-refractivity contribution >= 4 is 17.2 Å². The van der Waals surface area contributed by atoms with E-state index in [1.807, 2.05) is 91.1 Å². The van der Waals surface area contributed by atoms with Crippen LogP contribution in [0.1, 0.15) is 11.1 Å². The van der Waals surface area contributed by atoms with Crippen molar-refractivity contribution in [3.8, 4) is 28.3 Å². The molecule has 6 rings (SSSR count). The van der Waals surface area contributed by atoms with Gasteiger partial charge < -0.3 is 10.0 Å². The first-order chi connectivity index (χ1) is 19.3. The summed E-state index contributed by atoms with van der Waals surface area (Å²) >= 11 is 0. The fourth-order valence-corrected chi connectivity index (χ4v) is 4.70. The Hall–Kier alpha value is -4.53. The minimum atomic E-state index is 0. The third-order valence-corrected chi connectivity index (χ3v) is 6.56. The van der Waals surface area contributed by atoms with Gasteiger partial charge in [-0.25, -0.2) is 4.98 Å². The van der Waals surface area contributed by atoms with Gasteiger partial charge in [0.2, 0.25) is 0 Å². The summed E-state index contributed by atoms with van der Waals surface area (Å²) in [6.45, 7) is 0. The van der Waals surface area contributed by atoms with Crippen molar-refractivity contribution < 1.29 is 26.2 Å². The maximum atomic E-state index is 10.4. The van der Waals surface area contributed by atoms with E-state index in [1.54, 1.807) is 6.07 Å². The molecule has 0 amide bonds. The molecule has 2 heterocycles. The van der Waals surface area contributed by atoms with Gasteiger partial charge in [0.15, 0.2) is 0 Å². The maximum absolute atomic E-state index is 10.4. The SMILES string of the molecule is Oc1ccccc1-c1cccc(-c2[c-]c(N(c3ccccc3)c3ncccc3Cc3ccccc3)ccc2)n1.[Pt]. The van der Waals surface area contributed by atoms with Gasteiger partial charge in [-0.15, -0.1) is 29.8 Å². The van der Waals surface area contributed by atoms with Crippen LogP contribution in [0.2, 0.25) is 0 Å². The van der Waals surface area contributed by atoms with Crippen LogP contribution < -0.4 is 4.90 Å². The summed E-state index contributed by atoms with van der Waals surface area (Å²) in [5.41, 5.74) is 7.23. The normalized spacial score (nSPS) is 10.5. The molecule has 4 nitrogen and oxygen atoms in total. The molecule has 1 N–H and O–H groups in total. The van der Waals surface area contributed by atoms with Gasteiger partial charge in [0, 0.05) is 44.9 Å². The topological polar surface area (TPSA) is 49.2 Å². The summed E-state index contributed by atoms with van der Waals surface area (Å²) < 4.78 is 0. The van der Waals surface area contributed by atoms with Crippen LogP contribution in [0.5, 0.6) is 5.75 Å². The molecular weight excluding hydrogens is 673 g/mol. The Balaban J connectivity index is 0.00000323.